The summed E-state index contributed by atoms with van der Waals surface area (Å²) in [6.07, 6.45) is 2.11. The average Bonchev–Trinajstić information content (AvgIpc) is 2.19. The van der Waals surface area contributed by atoms with Gasteiger partial charge in [0, 0.05) is 5.56 Å². The molecule has 0 aliphatic carbocycles. The first-order chi connectivity index (χ1) is 6.33. The number of halogens is 1. The monoisotopic (exact) mass is 242 g/mol. The molecule has 0 spiro atoms. The van der Waals surface area contributed by atoms with Crippen molar-refractivity contribution in [2.24, 2.45) is 0 Å². The second kappa shape index (κ2) is 3.58. The molecule has 3 heteroatoms. The third-order valence-electron chi connectivity index (χ3n) is 2.21. The van der Waals surface area contributed by atoms with E-state index in [2.05, 4.69) is 15.9 Å². The summed E-state index contributed by atoms with van der Waals surface area (Å²) >= 11 is 3.46. The fraction of sp³-hybridized carbons (Fsp3) is 0.400. The lowest BCUT2D eigenvalue weighted by Gasteiger charge is -2.20. The van der Waals surface area contributed by atoms with Crippen LogP contribution in [-0.2, 0) is 6.42 Å². The predicted octanol–water partition coefficient (Wildman–Crippen LogP) is 2.78. The molecule has 0 atom stereocenters. The molecule has 0 saturated carbocycles. The van der Waals surface area contributed by atoms with E-state index in [0.717, 1.165) is 35.4 Å². The van der Waals surface area contributed by atoms with Crippen LogP contribution in [0.5, 0.6) is 11.5 Å². The highest BCUT2D eigenvalue weighted by Gasteiger charge is 2.17. The van der Waals surface area contributed by atoms with Crippen molar-refractivity contribution in [3.05, 3.63) is 22.2 Å². The highest BCUT2D eigenvalue weighted by molar-refractivity contribution is 9.10. The van der Waals surface area contributed by atoms with Gasteiger partial charge in [-0.25, -0.2) is 0 Å². The van der Waals surface area contributed by atoms with Gasteiger partial charge in [0.15, 0.2) is 0 Å². The Morgan fingerprint density at radius 1 is 1.46 bits per heavy atom. The van der Waals surface area contributed by atoms with Crippen molar-refractivity contribution in [2.75, 3.05) is 13.7 Å². The zero-order valence-corrected chi connectivity index (χ0v) is 9.06. The van der Waals surface area contributed by atoms with E-state index >= 15 is 0 Å². The molecular weight excluding hydrogens is 232 g/mol. The Morgan fingerprint density at radius 2 is 2.31 bits per heavy atom. The average molecular weight is 243 g/mol. The number of fused-ring (bicyclic) bond motifs is 1. The molecule has 70 valence electrons. The minimum atomic E-state index is 0.804. The van der Waals surface area contributed by atoms with Crippen LogP contribution in [-0.4, -0.2) is 13.7 Å². The van der Waals surface area contributed by atoms with E-state index in [4.69, 9.17) is 9.47 Å². The molecule has 0 N–H and O–H groups in total. The summed E-state index contributed by atoms with van der Waals surface area (Å²) in [6.45, 7) is 0.804. The van der Waals surface area contributed by atoms with Gasteiger partial charge in [-0.2, -0.15) is 0 Å². The lowest BCUT2D eigenvalue weighted by molar-refractivity contribution is 0.280. The number of benzene rings is 1. The highest BCUT2D eigenvalue weighted by atomic mass is 79.9. The van der Waals surface area contributed by atoms with Crippen LogP contribution < -0.4 is 9.47 Å². The van der Waals surface area contributed by atoms with Crippen LogP contribution in [0, 0.1) is 0 Å². The molecule has 2 nitrogen and oxygen atoms in total. The van der Waals surface area contributed by atoms with Gasteiger partial charge in [-0.15, -0.1) is 0 Å². The third kappa shape index (κ3) is 1.53. The maximum absolute atomic E-state index is 5.57. The molecule has 0 bridgehead atoms. The first-order valence-electron chi connectivity index (χ1n) is 4.31. The Balaban J connectivity index is 2.52. The van der Waals surface area contributed by atoms with Crippen molar-refractivity contribution in [1.29, 1.82) is 0 Å². The van der Waals surface area contributed by atoms with Gasteiger partial charge < -0.3 is 9.47 Å². The maximum Gasteiger partial charge on any atom is 0.140 e. The van der Waals surface area contributed by atoms with Gasteiger partial charge in [0.25, 0.3) is 0 Å². The van der Waals surface area contributed by atoms with Crippen LogP contribution >= 0.6 is 15.9 Å². The van der Waals surface area contributed by atoms with Crippen LogP contribution in [0.4, 0.5) is 0 Å². The number of ether oxygens (including phenoxy) is 2. The van der Waals surface area contributed by atoms with Crippen molar-refractivity contribution in [3.8, 4) is 11.5 Å². The lowest BCUT2D eigenvalue weighted by atomic mass is 10.1. The summed E-state index contributed by atoms with van der Waals surface area (Å²) in [5.74, 6) is 1.88. The molecule has 1 aromatic carbocycles. The van der Waals surface area contributed by atoms with E-state index in [1.807, 2.05) is 12.1 Å². The predicted molar refractivity (Wildman–Crippen MR) is 54.5 cm³/mol. The Morgan fingerprint density at radius 3 is 3.08 bits per heavy atom. The molecule has 0 fully saturated rings. The first-order valence-corrected chi connectivity index (χ1v) is 5.10. The quantitative estimate of drug-likeness (QED) is 0.755. The third-order valence-corrected chi connectivity index (χ3v) is 2.83. The summed E-state index contributed by atoms with van der Waals surface area (Å²) in [4.78, 5) is 0. The maximum atomic E-state index is 5.57. The molecule has 1 heterocycles. The number of hydrogen-bond donors (Lipinski definition) is 0. The van der Waals surface area contributed by atoms with Gasteiger partial charge >= 0.3 is 0 Å². The van der Waals surface area contributed by atoms with E-state index < -0.39 is 0 Å². The molecule has 13 heavy (non-hydrogen) atoms. The summed E-state index contributed by atoms with van der Waals surface area (Å²) in [7, 11) is 1.69. The SMILES string of the molecule is COc1ccc(Br)c2c1CCCO2. The lowest BCUT2D eigenvalue weighted by Crippen LogP contribution is -2.10. The molecule has 0 unspecified atom stereocenters. The highest BCUT2D eigenvalue weighted by Crippen LogP contribution is 2.38. The van der Waals surface area contributed by atoms with Crippen LogP contribution in [0.1, 0.15) is 12.0 Å². The van der Waals surface area contributed by atoms with Crippen LogP contribution in [0.3, 0.4) is 0 Å². The Labute approximate surface area is 86.0 Å². The zero-order valence-electron chi connectivity index (χ0n) is 7.47. The fourth-order valence-electron chi connectivity index (χ4n) is 1.59. The zero-order chi connectivity index (χ0) is 9.26. The molecular formula is C10H11BrO2. The molecule has 1 aliphatic heterocycles. The van der Waals surface area contributed by atoms with Crippen LogP contribution in [0.25, 0.3) is 0 Å². The van der Waals surface area contributed by atoms with Crippen molar-refractivity contribution < 1.29 is 9.47 Å². The second-order valence-electron chi connectivity index (χ2n) is 3.01. The molecule has 1 aliphatic rings. The van der Waals surface area contributed by atoms with Gasteiger partial charge in [-0.1, -0.05) is 0 Å². The first kappa shape index (κ1) is 8.88. The smallest absolute Gasteiger partial charge is 0.140 e. The van der Waals surface area contributed by atoms with Crippen molar-refractivity contribution in [3.63, 3.8) is 0 Å². The van der Waals surface area contributed by atoms with Crippen LogP contribution in [0.2, 0.25) is 0 Å². The van der Waals surface area contributed by atoms with Gasteiger partial charge in [-0.05, 0) is 40.9 Å². The van der Waals surface area contributed by atoms with E-state index in [-0.39, 0.29) is 0 Å². The van der Waals surface area contributed by atoms with Gasteiger partial charge in [0.05, 0.1) is 18.2 Å². The van der Waals surface area contributed by atoms with Crippen LogP contribution in [0.15, 0.2) is 16.6 Å². The minimum Gasteiger partial charge on any atom is -0.496 e. The Bertz CT molecular complexity index is 323. The van der Waals surface area contributed by atoms with E-state index in [0.29, 0.717) is 0 Å². The van der Waals surface area contributed by atoms with E-state index in [1.165, 1.54) is 5.56 Å². The van der Waals surface area contributed by atoms with Crippen molar-refractivity contribution in [2.45, 2.75) is 12.8 Å². The molecule has 0 radical (unpaired) electrons. The summed E-state index contributed by atoms with van der Waals surface area (Å²) in [6, 6.07) is 3.93. The van der Waals surface area contributed by atoms with Gasteiger partial charge in [0.1, 0.15) is 11.5 Å². The number of rotatable bonds is 1. The molecule has 2 rings (SSSR count). The number of methoxy groups -OCH3 is 1. The molecule has 0 saturated heterocycles. The largest absolute Gasteiger partial charge is 0.496 e. The Kier molecular flexibility index (Phi) is 2.44. The normalized spacial score (nSPS) is 14.6. The minimum absolute atomic E-state index is 0.804. The van der Waals surface area contributed by atoms with E-state index in [9.17, 15) is 0 Å². The fourth-order valence-corrected chi connectivity index (χ4v) is 2.07. The van der Waals surface area contributed by atoms with Gasteiger partial charge in [0.2, 0.25) is 0 Å². The summed E-state index contributed by atoms with van der Waals surface area (Å²) in [5.41, 5.74) is 1.18. The van der Waals surface area contributed by atoms with Crippen molar-refractivity contribution >= 4 is 15.9 Å². The van der Waals surface area contributed by atoms with E-state index in [1.54, 1.807) is 7.11 Å². The second-order valence-corrected chi connectivity index (χ2v) is 3.86. The van der Waals surface area contributed by atoms with Gasteiger partial charge in [-0.3, -0.25) is 0 Å². The number of hydrogen-bond acceptors (Lipinski definition) is 2. The topological polar surface area (TPSA) is 18.5 Å². The molecule has 0 aromatic heterocycles. The summed E-state index contributed by atoms with van der Waals surface area (Å²) < 4.78 is 11.9. The summed E-state index contributed by atoms with van der Waals surface area (Å²) in [5, 5.41) is 0. The standard InChI is InChI=1S/C10H11BrO2/c1-12-9-5-4-8(11)10-7(9)3-2-6-13-10/h4-5H,2-3,6H2,1H3. The molecule has 0 amide bonds. The van der Waals surface area contributed by atoms with Crippen molar-refractivity contribution in [1.82, 2.24) is 0 Å². The molecule has 1 aromatic rings. The Hall–Kier alpha value is -0.700.